The molecular formula is C19H16FN5O4. The normalized spacial score (nSPS) is 12.8. The highest BCUT2D eigenvalue weighted by molar-refractivity contribution is 5.96. The number of benzene rings is 2. The average molecular weight is 397 g/mol. The number of ether oxygens (including phenoxy) is 1. The second-order valence-electron chi connectivity index (χ2n) is 6.27. The molecule has 2 aromatic carbocycles. The zero-order chi connectivity index (χ0) is 20.5. The molecule has 0 fully saturated rings. The number of nitrogens with one attached hydrogen (secondary N) is 1. The van der Waals surface area contributed by atoms with Gasteiger partial charge in [-0.05, 0) is 36.4 Å². The van der Waals surface area contributed by atoms with Crippen molar-refractivity contribution in [2.24, 2.45) is 0 Å². The lowest BCUT2D eigenvalue weighted by molar-refractivity contribution is -0.117. The first-order chi connectivity index (χ1) is 14.0. The van der Waals surface area contributed by atoms with Gasteiger partial charge in [0.1, 0.15) is 18.1 Å². The fourth-order valence-electron chi connectivity index (χ4n) is 3.11. The predicted molar refractivity (Wildman–Crippen MR) is 101 cm³/mol. The Morgan fingerprint density at radius 3 is 2.62 bits per heavy atom. The van der Waals surface area contributed by atoms with Crippen LogP contribution < -0.4 is 20.6 Å². The summed E-state index contributed by atoms with van der Waals surface area (Å²) >= 11 is 0. The number of nitrogens with zero attached hydrogens (tertiary/aromatic N) is 4. The molecule has 0 unspecified atom stereocenters. The number of carbonyl (C=O) groups is 2. The van der Waals surface area contributed by atoms with Crippen molar-refractivity contribution in [3.8, 4) is 5.75 Å². The number of carbonyl (C=O) groups excluding carboxylic acids is 2. The molecule has 0 radical (unpaired) electrons. The number of anilines is 2. The molecule has 4 rings (SSSR count). The molecule has 0 aliphatic carbocycles. The smallest absolute Gasteiger partial charge is 0.365 e. The minimum atomic E-state index is -0.706. The van der Waals surface area contributed by atoms with Gasteiger partial charge in [0.25, 0.3) is 0 Å². The summed E-state index contributed by atoms with van der Waals surface area (Å²) in [7, 11) is 1.47. The van der Waals surface area contributed by atoms with Crippen LogP contribution in [0.3, 0.4) is 0 Å². The first kappa shape index (κ1) is 18.4. The molecule has 9 nitrogen and oxygen atoms in total. The van der Waals surface area contributed by atoms with Gasteiger partial charge in [-0.1, -0.05) is 12.1 Å². The quantitative estimate of drug-likeness (QED) is 0.708. The fraction of sp³-hybridized carbons (Fsp3) is 0.158. The van der Waals surface area contributed by atoms with E-state index >= 15 is 0 Å². The Labute approximate surface area is 163 Å². The summed E-state index contributed by atoms with van der Waals surface area (Å²) in [5.41, 5.74) is 0.190. The number of methoxy groups -OCH3 is 1. The summed E-state index contributed by atoms with van der Waals surface area (Å²) in [4.78, 5) is 42.7. The van der Waals surface area contributed by atoms with Crippen LogP contribution >= 0.6 is 0 Å². The number of hydrogen-bond acceptors (Lipinski definition) is 5. The standard InChI is InChI=1S/C19H16FN5O4/c1-29-15-5-3-2-4-14(15)21-17(26)11-24-18(27)22-16-10-23(19(28)25(16)24)13-8-6-12(20)7-9-13/h2-9H,10-11H2,1H3,(H,21,26). The van der Waals surface area contributed by atoms with Crippen molar-refractivity contribution in [3.05, 3.63) is 70.7 Å². The van der Waals surface area contributed by atoms with Crippen LogP contribution in [-0.4, -0.2) is 33.4 Å². The second-order valence-corrected chi connectivity index (χ2v) is 6.27. The molecular weight excluding hydrogens is 381 g/mol. The second kappa shape index (κ2) is 7.23. The van der Waals surface area contributed by atoms with E-state index in [4.69, 9.17) is 4.74 Å². The predicted octanol–water partition coefficient (Wildman–Crippen LogP) is 1.82. The number of amides is 2. The van der Waals surface area contributed by atoms with Crippen molar-refractivity contribution in [2.75, 3.05) is 17.3 Å². The zero-order valence-corrected chi connectivity index (χ0v) is 15.3. The van der Waals surface area contributed by atoms with Crippen molar-refractivity contribution >= 4 is 23.3 Å². The lowest BCUT2D eigenvalue weighted by Crippen LogP contribution is -2.36. The molecule has 3 aromatic rings. The van der Waals surface area contributed by atoms with Gasteiger partial charge in [0, 0.05) is 5.69 Å². The van der Waals surface area contributed by atoms with E-state index in [-0.39, 0.29) is 12.4 Å². The van der Waals surface area contributed by atoms with Crippen LogP contribution in [0.2, 0.25) is 0 Å². The number of hydrogen-bond donors (Lipinski definition) is 1. The fourth-order valence-corrected chi connectivity index (χ4v) is 3.11. The highest BCUT2D eigenvalue weighted by Crippen LogP contribution is 2.24. The van der Waals surface area contributed by atoms with E-state index < -0.39 is 30.0 Å². The highest BCUT2D eigenvalue weighted by Gasteiger charge is 2.33. The van der Waals surface area contributed by atoms with Crippen molar-refractivity contribution < 1.29 is 18.7 Å². The maximum absolute atomic E-state index is 13.1. The van der Waals surface area contributed by atoms with E-state index in [1.807, 2.05) is 0 Å². The first-order valence-corrected chi connectivity index (χ1v) is 8.67. The molecule has 0 bridgehead atoms. The topological polar surface area (TPSA) is 98.5 Å². The third-order valence-electron chi connectivity index (χ3n) is 4.46. The van der Waals surface area contributed by atoms with Gasteiger partial charge in [-0.15, -0.1) is 0 Å². The van der Waals surface area contributed by atoms with Gasteiger partial charge in [0.05, 0.1) is 19.3 Å². The lowest BCUT2D eigenvalue weighted by Gasteiger charge is -2.16. The van der Waals surface area contributed by atoms with Crippen molar-refractivity contribution in [1.29, 1.82) is 0 Å². The highest BCUT2D eigenvalue weighted by atomic mass is 19.1. The molecule has 1 aromatic heterocycles. The molecule has 10 heteroatoms. The van der Waals surface area contributed by atoms with Crippen LogP contribution in [-0.2, 0) is 17.9 Å². The summed E-state index contributed by atoms with van der Waals surface area (Å²) in [6, 6.07) is 11.6. The molecule has 0 saturated heterocycles. The molecule has 2 heterocycles. The summed E-state index contributed by atoms with van der Waals surface area (Å²) in [5, 5.41) is 2.65. The number of fused-ring (bicyclic) bond motifs is 1. The van der Waals surface area contributed by atoms with E-state index in [2.05, 4.69) is 10.3 Å². The van der Waals surface area contributed by atoms with Crippen molar-refractivity contribution in [2.45, 2.75) is 13.1 Å². The number of para-hydroxylation sites is 2. The summed E-state index contributed by atoms with van der Waals surface area (Å²) in [5.74, 6) is -0.282. The third-order valence-corrected chi connectivity index (χ3v) is 4.46. The Morgan fingerprint density at radius 1 is 1.17 bits per heavy atom. The van der Waals surface area contributed by atoms with Crippen LogP contribution in [0.15, 0.2) is 53.3 Å². The van der Waals surface area contributed by atoms with E-state index in [9.17, 15) is 18.8 Å². The van der Waals surface area contributed by atoms with Crippen LogP contribution in [0.4, 0.5) is 20.6 Å². The Balaban J connectivity index is 1.57. The van der Waals surface area contributed by atoms with Gasteiger partial charge in [0.2, 0.25) is 5.91 Å². The van der Waals surface area contributed by atoms with E-state index in [1.165, 1.54) is 36.3 Å². The molecule has 1 aliphatic rings. The molecule has 0 spiro atoms. The van der Waals surface area contributed by atoms with Crippen LogP contribution in [0.25, 0.3) is 0 Å². The van der Waals surface area contributed by atoms with Crippen LogP contribution in [0.1, 0.15) is 5.82 Å². The SMILES string of the molecule is COc1ccccc1NC(=O)Cn1c(=O)nc2n1C(=O)N(c1ccc(F)cc1)C2. The minimum Gasteiger partial charge on any atom is -0.495 e. The largest absolute Gasteiger partial charge is 0.495 e. The van der Waals surface area contributed by atoms with Crippen molar-refractivity contribution in [3.63, 3.8) is 0 Å². The summed E-state index contributed by atoms with van der Waals surface area (Å²) in [6.45, 7) is -0.367. The van der Waals surface area contributed by atoms with Gasteiger partial charge in [0.15, 0.2) is 5.82 Å². The van der Waals surface area contributed by atoms with Gasteiger partial charge in [-0.3, -0.25) is 9.69 Å². The Kier molecular flexibility index (Phi) is 4.59. The monoisotopic (exact) mass is 397 g/mol. The average Bonchev–Trinajstić information content (AvgIpc) is 3.18. The zero-order valence-electron chi connectivity index (χ0n) is 15.3. The number of aromatic nitrogens is 3. The van der Waals surface area contributed by atoms with Gasteiger partial charge < -0.3 is 10.1 Å². The Bertz CT molecular complexity index is 1150. The lowest BCUT2D eigenvalue weighted by atomic mass is 10.3. The number of rotatable bonds is 5. The Morgan fingerprint density at radius 2 is 1.90 bits per heavy atom. The minimum absolute atomic E-state index is 0.0425. The molecule has 1 N–H and O–H groups in total. The van der Waals surface area contributed by atoms with E-state index in [0.717, 1.165) is 9.36 Å². The molecule has 148 valence electrons. The third kappa shape index (κ3) is 3.35. The van der Waals surface area contributed by atoms with Gasteiger partial charge in [-0.2, -0.15) is 9.67 Å². The van der Waals surface area contributed by atoms with Crippen LogP contribution in [0.5, 0.6) is 5.75 Å². The molecule has 0 saturated carbocycles. The molecule has 2 amide bonds. The number of halogens is 1. The van der Waals surface area contributed by atoms with E-state index in [1.54, 1.807) is 24.3 Å². The summed E-state index contributed by atoms with van der Waals surface area (Å²) < 4.78 is 20.4. The van der Waals surface area contributed by atoms with Crippen molar-refractivity contribution in [1.82, 2.24) is 14.3 Å². The molecule has 0 atom stereocenters. The summed E-state index contributed by atoms with van der Waals surface area (Å²) in [6.07, 6.45) is 0. The molecule has 29 heavy (non-hydrogen) atoms. The maximum atomic E-state index is 13.1. The van der Waals surface area contributed by atoms with Gasteiger partial charge >= 0.3 is 11.7 Å². The van der Waals surface area contributed by atoms with Crippen LogP contribution in [0, 0.1) is 5.82 Å². The maximum Gasteiger partial charge on any atom is 0.365 e. The molecule has 1 aliphatic heterocycles. The first-order valence-electron chi connectivity index (χ1n) is 8.67. The van der Waals surface area contributed by atoms with Gasteiger partial charge in [-0.25, -0.2) is 18.7 Å². The van der Waals surface area contributed by atoms with E-state index in [0.29, 0.717) is 17.1 Å². The Hall–Kier alpha value is -3.95.